The number of benzene rings is 1. The molecule has 0 atom stereocenters. The van der Waals surface area contributed by atoms with Crippen LogP contribution in [0, 0.1) is 0 Å². The summed E-state index contributed by atoms with van der Waals surface area (Å²) in [5.74, 6) is -0.608. The maximum absolute atomic E-state index is 12.4. The Balaban J connectivity index is 2.23. The van der Waals surface area contributed by atoms with E-state index < -0.39 is 5.97 Å². The van der Waals surface area contributed by atoms with Crippen LogP contribution in [-0.2, 0) is 9.53 Å². The number of carbonyl (C=O) groups excluding carboxylic acids is 2. The van der Waals surface area contributed by atoms with Crippen molar-refractivity contribution in [2.75, 3.05) is 20.2 Å². The van der Waals surface area contributed by atoms with Gasteiger partial charge in [-0.15, -0.1) is 0 Å². The third kappa shape index (κ3) is 2.96. The number of fused-ring (bicyclic) bond motifs is 1. The third-order valence-electron chi connectivity index (χ3n) is 3.02. The molecule has 0 spiro atoms. The molecule has 0 aliphatic rings. The molecule has 0 unspecified atom stereocenters. The Morgan fingerprint density at radius 2 is 2.20 bits per heavy atom. The van der Waals surface area contributed by atoms with Crippen molar-refractivity contribution >= 4 is 22.8 Å². The zero-order chi connectivity index (χ0) is 14.5. The second-order valence-corrected chi connectivity index (χ2v) is 4.47. The minimum Gasteiger partial charge on any atom is -0.468 e. The molecule has 0 radical (unpaired) electrons. The summed E-state index contributed by atoms with van der Waals surface area (Å²) < 4.78 is 4.62. The van der Waals surface area contributed by atoms with Crippen LogP contribution in [0.25, 0.3) is 10.9 Å². The lowest BCUT2D eigenvalue weighted by molar-refractivity contribution is -0.141. The fraction of sp³-hybridized carbons (Fsp3) is 0.357. The average Bonchev–Trinajstić information content (AvgIpc) is 2.93. The highest BCUT2D eigenvalue weighted by molar-refractivity contribution is 5.98. The van der Waals surface area contributed by atoms with Crippen LogP contribution in [-0.4, -0.2) is 47.2 Å². The number of aromatic amines is 1. The largest absolute Gasteiger partial charge is 0.468 e. The van der Waals surface area contributed by atoms with E-state index in [0.29, 0.717) is 12.1 Å². The first-order valence-electron chi connectivity index (χ1n) is 6.45. The van der Waals surface area contributed by atoms with Gasteiger partial charge >= 0.3 is 5.97 Å². The minimum absolute atomic E-state index is 0.0375. The monoisotopic (exact) mass is 275 g/mol. The number of nitrogens with zero attached hydrogens (tertiary/aromatic N) is 2. The van der Waals surface area contributed by atoms with Crippen molar-refractivity contribution in [2.45, 2.75) is 13.3 Å². The zero-order valence-corrected chi connectivity index (χ0v) is 11.5. The molecule has 106 valence electrons. The molecule has 20 heavy (non-hydrogen) atoms. The van der Waals surface area contributed by atoms with Crippen molar-refractivity contribution in [2.24, 2.45) is 0 Å². The molecule has 0 aliphatic heterocycles. The van der Waals surface area contributed by atoms with Gasteiger partial charge in [-0.05, 0) is 18.6 Å². The molecule has 6 nitrogen and oxygen atoms in total. The second kappa shape index (κ2) is 6.18. The van der Waals surface area contributed by atoms with E-state index in [2.05, 4.69) is 14.9 Å². The van der Waals surface area contributed by atoms with Crippen LogP contribution in [0.4, 0.5) is 0 Å². The number of esters is 1. The number of nitrogens with one attached hydrogen (secondary N) is 1. The Hall–Kier alpha value is -2.37. The van der Waals surface area contributed by atoms with Gasteiger partial charge in [-0.2, -0.15) is 5.10 Å². The molecule has 0 fully saturated rings. The van der Waals surface area contributed by atoms with Gasteiger partial charge in [0.2, 0.25) is 0 Å². The number of hydrogen-bond donors (Lipinski definition) is 1. The molecule has 0 saturated heterocycles. The van der Waals surface area contributed by atoms with Gasteiger partial charge in [0.15, 0.2) is 0 Å². The molecule has 1 amide bonds. The van der Waals surface area contributed by atoms with Crippen LogP contribution in [0.5, 0.6) is 0 Å². The van der Waals surface area contributed by atoms with Crippen LogP contribution in [0.1, 0.15) is 23.7 Å². The summed E-state index contributed by atoms with van der Waals surface area (Å²) in [6.45, 7) is 2.43. The number of H-pyrrole nitrogens is 1. The van der Waals surface area contributed by atoms with E-state index in [1.807, 2.05) is 13.0 Å². The zero-order valence-electron chi connectivity index (χ0n) is 11.5. The molecule has 6 heteroatoms. The fourth-order valence-electron chi connectivity index (χ4n) is 2.00. The number of amides is 1. The van der Waals surface area contributed by atoms with Gasteiger partial charge in [0.1, 0.15) is 6.54 Å². The predicted molar refractivity (Wildman–Crippen MR) is 74.3 cm³/mol. The van der Waals surface area contributed by atoms with Crippen LogP contribution >= 0.6 is 0 Å². The van der Waals surface area contributed by atoms with E-state index in [9.17, 15) is 9.59 Å². The lowest BCUT2D eigenvalue weighted by atomic mass is 10.1. The summed E-state index contributed by atoms with van der Waals surface area (Å²) in [5, 5.41) is 7.69. The molecule has 2 rings (SSSR count). The van der Waals surface area contributed by atoms with Gasteiger partial charge in [0, 0.05) is 17.5 Å². The minimum atomic E-state index is -0.422. The Morgan fingerprint density at radius 3 is 2.90 bits per heavy atom. The molecule has 0 bridgehead atoms. The number of methoxy groups -OCH3 is 1. The lowest BCUT2D eigenvalue weighted by Crippen LogP contribution is -2.36. The van der Waals surface area contributed by atoms with Crippen molar-refractivity contribution in [1.29, 1.82) is 0 Å². The van der Waals surface area contributed by atoms with Crippen molar-refractivity contribution in [3.8, 4) is 0 Å². The number of carbonyl (C=O) groups is 2. The van der Waals surface area contributed by atoms with E-state index >= 15 is 0 Å². The Bertz CT molecular complexity index is 621. The van der Waals surface area contributed by atoms with Gasteiger partial charge < -0.3 is 9.64 Å². The first-order chi connectivity index (χ1) is 9.65. The summed E-state index contributed by atoms with van der Waals surface area (Å²) in [6, 6.07) is 5.30. The van der Waals surface area contributed by atoms with Crippen LogP contribution < -0.4 is 0 Å². The summed E-state index contributed by atoms with van der Waals surface area (Å²) in [6.07, 6.45) is 2.47. The van der Waals surface area contributed by atoms with Crippen LogP contribution in [0.3, 0.4) is 0 Å². The average molecular weight is 275 g/mol. The van der Waals surface area contributed by atoms with Gasteiger partial charge in [0.25, 0.3) is 5.91 Å². The number of aromatic nitrogens is 2. The van der Waals surface area contributed by atoms with Gasteiger partial charge in [0.05, 0.1) is 18.8 Å². The molecule has 1 aromatic heterocycles. The molecule has 1 aromatic carbocycles. The topological polar surface area (TPSA) is 75.3 Å². The molecule has 0 aliphatic carbocycles. The van der Waals surface area contributed by atoms with E-state index in [-0.39, 0.29) is 12.5 Å². The summed E-state index contributed by atoms with van der Waals surface area (Å²) in [4.78, 5) is 25.3. The molecule has 1 heterocycles. The highest BCUT2D eigenvalue weighted by Gasteiger charge is 2.18. The van der Waals surface area contributed by atoms with Crippen LogP contribution in [0.2, 0.25) is 0 Å². The van der Waals surface area contributed by atoms with Crippen molar-refractivity contribution in [3.05, 3.63) is 30.0 Å². The van der Waals surface area contributed by atoms with E-state index in [1.165, 1.54) is 12.0 Å². The predicted octanol–water partition coefficient (Wildman–Crippen LogP) is 1.59. The summed E-state index contributed by atoms with van der Waals surface area (Å²) >= 11 is 0. The third-order valence-corrected chi connectivity index (χ3v) is 3.02. The smallest absolute Gasteiger partial charge is 0.325 e. The number of hydrogen-bond acceptors (Lipinski definition) is 4. The maximum Gasteiger partial charge on any atom is 0.325 e. The lowest BCUT2D eigenvalue weighted by Gasteiger charge is -2.20. The normalized spacial score (nSPS) is 10.5. The first kappa shape index (κ1) is 14.0. The molecular weight excluding hydrogens is 258 g/mol. The SMILES string of the molecule is CCCN(CC(=O)OC)C(=O)c1ccc2cn[nH]c2c1. The van der Waals surface area contributed by atoms with E-state index in [4.69, 9.17) is 0 Å². The molecule has 2 aromatic rings. The quantitative estimate of drug-likeness (QED) is 0.841. The van der Waals surface area contributed by atoms with E-state index in [0.717, 1.165) is 17.3 Å². The molecule has 0 saturated carbocycles. The first-order valence-corrected chi connectivity index (χ1v) is 6.45. The van der Waals surface area contributed by atoms with Crippen molar-refractivity contribution in [3.63, 3.8) is 0 Å². The van der Waals surface area contributed by atoms with Crippen molar-refractivity contribution in [1.82, 2.24) is 15.1 Å². The van der Waals surface area contributed by atoms with Crippen molar-refractivity contribution < 1.29 is 14.3 Å². The number of ether oxygens (including phenoxy) is 1. The van der Waals surface area contributed by atoms with Gasteiger partial charge in [-0.1, -0.05) is 13.0 Å². The number of rotatable bonds is 5. The molecule has 1 N–H and O–H groups in total. The second-order valence-electron chi connectivity index (χ2n) is 4.47. The molecular formula is C14H17N3O3. The van der Waals surface area contributed by atoms with E-state index in [1.54, 1.807) is 18.3 Å². The van der Waals surface area contributed by atoms with Gasteiger partial charge in [-0.3, -0.25) is 14.7 Å². The highest BCUT2D eigenvalue weighted by Crippen LogP contribution is 2.14. The Labute approximate surface area is 116 Å². The van der Waals surface area contributed by atoms with Crippen LogP contribution in [0.15, 0.2) is 24.4 Å². The van der Waals surface area contributed by atoms with Gasteiger partial charge in [-0.25, -0.2) is 0 Å². The standard InChI is InChI=1S/C14H17N3O3/c1-3-6-17(9-13(18)20-2)14(19)10-4-5-11-8-15-16-12(11)7-10/h4-5,7-8H,3,6,9H2,1-2H3,(H,15,16). The Kier molecular flexibility index (Phi) is 4.34. The summed E-state index contributed by atoms with van der Waals surface area (Å²) in [5.41, 5.74) is 1.32. The fourth-order valence-corrected chi connectivity index (χ4v) is 2.00. The Morgan fingerprint density at radius 1 is 1.40 bits per heavy atom. The highest BCUT2D eigenvalue weighted by atomic mass is 16.5. The summed E-state index contributed by atoms with van der Waals surface area (Å²) in [7, 11) is 1.31. The maximum atomic E-state index is 12.4.